The number of carbonyl (C=O) groups is 1. The molecule has 4 aromatic rings. The predicted molar refractivity (Wildman–Crippen MR) is 115 cm³/mol. The van der Waals surface area contributed by atoms with Crippen molar-refractivity contribution in [3.63, 3.8) is 0 Å². The number of hydrogen-bond donors (Lipinski definition) is 1. The van der Waals surface area contributed by atoms with Crippen LogP contribution in [0, 0.1) is 20.8 Å². The quantitative estimate of drug-likeness (QED) is 0.547. The van der Waals surface area contributed by atoms with Gasteiger partial charge in [-0.1, -0.05) is 35.9 Å². The van der Waals surface area contributed by atoms with Crippen molar-refractivity contribution in [1.82, 2.24) is 4.57 Å². The van der Waals surface area contributed by atoms with Crippen LogP contribution < -0.4 is 11.1 Å². The maximum absolute atomic E-state index is 12.8. The molecule has 0 aliphatic heterocycles. The molecule has 3 aromatic carbocycles. The number of nitrogens with one attached hydrogen (secondary N) is 1. The molecule has 0 unspecified atom stereocenters. The summed E-state index contributed by atoms with van der Waals surface area (Å²) in [6.07, 6.45) is 0. The molecule has 0 saturated heterocycles. The van der Waals surface area contributed by atoms with Crippen molar-refractivity contribution in [2.24, 2.45) is 0 Å². The molecule has 146 valence electrons. The number of benzene rings is 3. The highest BCUT2D eigenvalue weighted by atomic mass is 16.4. The van der Waals surface area contributed by atoms with Crippen LogP contribution in [0.2, 0.25) is 0 Å². The summed E-state index contributed by atoms with van der Waals surface area (Å²) >= 11 is 0. The lowest BCUT2D eigenvalue weighted by Crippen LogP contribution is -2.15. The zero-order valence-electron chi connectivity index (χ0n) is 16.7. The monoisotopic (exact) mass is 386 g/mol. The van der Waals surface area contributed by atoms with Gasteiger partial charge in [0.15, 0.2) is 5.58 Å². The predicted octanol–water partition coefficient (Wildman–Crippen LogP) is 4.82. The topological polar surface area (TPSA) is 64.2 Å². The number of oxazole rings is 1. The molecule has 1 heterocycles. The molecule has 0 bridgehead atoms. The molecule has 0 saturated carbocycles. The lowest BCUT2D eigenvalue weighted by molar-refractivity contribution is 0.102. The van der Waals surface area contributed by atoms with Gasteiger partial charge in [0.2, 0.25) is 0 Å². The number of rotatable bonds is 4. The van der Waals surface area contributed by atoms with E-state index in [9.17, 15) is 9.59 Å². The van der Waals surface area contributed by atoms with Gasteiger partial charge in [0.1, 0.15) is 0 Å². The van der Waals surface area contributed by atoms with E-state index < -0.39 is 5.76 Å². The molecule has 4 rings (SSSR count). The highest BCUT2D eigenvalue weighted by Crippen LogP contribution is 2.19. The summed E-state index contributed by atoms with van der Waals surface area (Å²) in [5, 5.41) is 2.93. The van der Waals surface area contributed by atoms with Gasteiger partial charge in [0, 0.05) is 11.3 Å². The molecule has 0 aliphatic carbocycles. The fourth-order valence-electron chi connectivity index (χ4n) is 3.48. The van der Waals surface area contributed by atoms with E-state index in [0.29, 0.717) is 23.2 Å². The molecular formula is C24H22N2O3. The molecule has 0 radical (unpaired) electrons. The van der Waals surface area contributed by atoms with Gasteiger partial charge >= 0.3 is 5.76 Å². The molecule has 0 spiro atoms. The van der Waals surface area contributed by atoms with E-state index in [2.05, 4.69) is 11.4 Å². The summed E-state index contributed by atoms with van der Waals surface area (Å²) in [5.74, 6) is -0.667. The van der Waals surface area contributed by atoms with E-state index in [1.54, 1.807) is 22.8 Å². The summed E-state index contributed by atoms with van der Waals surface area (Å²) in [4.78, 5) is 25.1. The fourth-order valence-corrected chi connectivity index (χ4v) is 3.48. The van der Waals surface area contributed by atoms with Crippen LogP contribution in [0.1, 0.15) is 32.6 Å². The summed E-state index contributed by atoms with van der Waals surface area (Å²) < 4.78 is 6.90. The zero-order valence-corrected chi connectivity index (χ0v) is 16.7. The minimum Gasteiger partial charge on any atom is -0.408 e. The Morgan fingerprint density at radius 2 is 1.59 bits per heavy atom. The third-order valence-electron chi connectivity index (χ3n) is 4.87. The highest BCUT2D eigenvalue weighted by molar-refractivity contribution is 6.05. The number of aromatic nitrogens is 1. The van der Waals surface area contributed by atoms with Crippen LogP contribution in [0.5, 0.6) is 0 Å². The van der Waals surface area contributed by atoms with Crippen LogP contribution in [0.3, 0.4) is 0 Å². The van der Waals surface area contributed by atoms with Crippen molar-refractivity contribution < 1.29 is 9.21 Å². The van der Waals surface area contributed by atoms with Crippen molar-refractivity contribution in [1.29, 1.82) is 0 Å². The second kappa shape index (κ2) is 7.43. The van der Waals surface area contributed by atoms with E-state index in [1.165, 1.54) is 0 Å². The van der Waals surface area contributed by atoms with Crippen molar-refractivity contribution in [3.8, 4) is 0 Å². The molecule has 5 nitrogen and oxygen atoms in total. The minimum absolute atomic E-state index is 0.229. The van der Waals surface area contributed by atoms with Crippen LogP contribution in [-0.4, -0.2) is 10.5 Å². The molecule has 0 fully saturated rings. The van der Waals surface area contributed by atoms with Crippen LogP contribution in [-0.2, 0) is 6.54 Å². The Morgan fingerprint density at radius 1 is 0.897 bits per heavy atom. The molecular weight excluding hydrogens is 364 g/mol. The smallest absolute Gasteiger partial charge is 0.408 e. The number of anilines is 1. The molecule has 1 amide bonds. The van der Waals surface area contributed by atoms with E-state index in [-0.39, 0.29) is 5.91 Å². The van der Waals surface area contributed by atoms with Gasteiger partial charge in [-0.3, -0.25) is 9.36 Å². The molecule has 29 heavy (non-hydrogen) atoms. The fraction of sp³-hybridized carbons (Fsp3) is 0.167. The third-order valence-corrected chi connectivity index (χ3v) is 4.87. The average molecular weight is 386 g/mol. The molecule has 0 atom stereocenters. The molecule has 5 heteroatoms. The minimum atomic E-state index is -0.438. The Hall–Kier alpha value is -3.60. The van der Waals surface area contributed by atoms with Crippen LogP contribution in [0.4, 0.5) is 5.69 Å². The molecule has 1 aromatic heterocycles. The second-order valence-corrected chi connectivity index (χ2v) is 7.45. The Labute approximate surface area is 168 Å². The van der Waals surface area contributed by atoms with E-state index in [0.717, 1.165) is 27.9 Å². The number of nitrogens with zero attached hydrogens (tertiary/aromatic N) is 1. The SMILES string of the molecule is Cc1ccc(Cn2c(=O)oc3ccc(C(=O)Nc4cc(C)cc(C)c4)cc32)cc1. The Balaban J connectivity index is 1.66. The van der Waals surface area contributed by atoms with Gasteiger partial charge in [0.05, 0.1) is 12.1 Å². The molecule has 1 N–H and O–H groups in total. The van der Waals surface area contributed by atoms with Crippen LogP contribution in [0.25, 0.3) is 11.1 Å². The van der Waals surface area contributed by atoms with Gasteiger partial charge in [-0.05, 0) is 67.8 Å². The Bertz CT molecular complexity index is 1240. The number of aryl methyl sites for hydroxylation is 3. The van der Waals surface area contributed by atoms with Gasteiger partial charge in [0.25, 0.3) is 5.91 Å². The van der Waals surface area contributed by atoms with Gasteiger partial charge in [-0.15, -0.1) is 0 Å². The number of hydrogen-bond acceptors (Lipinski definition) is 3. The standard InChI is InChI=1S/C24H22N2O3/c1-15-4-6-18(7-5-15)14-26-21-13-19(8-9-22(21)29-24(26)28)23(27)25-20-11-16(2)10-17(3)12-20/h4-13H,14H2,1-3H3,(H,25,27). The summed E-state index contributed by atoms with van der Waals surface area (Å²) in [6.45, 7) is 6.38. The third kappa shape index (κ3) is 3.99. The zero-order chi connectivity index (χ0) is 20.5. The van der Waals surface area contributed by atoms with Gasteiger partial charge < -0.3 is 9.73 Å². The average Bonchev–Trinajstić information content (AvgIpc) is 2.97. The number of carbonyl (C=O) groups excluding carboxylic acids is 1. The highest BCUT2D eigenvalue weighted by Gasteiger charge is 2.14. The number of amides is 1. The first-order chi connectivity index (χ1) is 13.9. The number of fused-ring (bicyclic) bond motifs is 1. The van der Waals surface area contributed by atoms with E-state index in [4.69, 9.17) is 4.42 Å². The van der Waals surface area contributed by atoms with Crippen molar-refractivity contribution in [2.75, 3.05) is 5.32 Å². The lowest BCUT2D eigenvalue weighted by atomic mass is 10.1. The summed E-state index contributed by atoms with van der Waals surface area (Å²) in [5.41, 5.74) is 6.59. The molecule has 0 aliphatic rings. The second-order valence-electron chi connectivity index (χ2n) is 7.45. The largest absolute Gasteiger partial charge is 0.420 e. The first-order valence-corrected chi connectivity index (χ1v) is 9.47. The van der Waals surface area contributed by atoms with E-state index >= 15 is 0 Å². The maximum atomic E-state index is 12.8. The van der Waals surface area contributed by atoms with Crippen LogP contribution in [0.15, 0.2) is 69.9 Å². The van der Waals surface area contributed by atoms with Crippen molar-refractivity contribution in [2.45, 2.75) is 27.3 Å². The Kier molecular flexibility index (Phi) is 4.80. The first kappa shape index (κ1) is 18.7. The summed E-state index contributed by atoms with van der Waals surface area (Å²) in [6, 6.07) is 18.9. The first-order valence-electron chi connectivity index (χ1n) is 9.47. The maximum Gasteiger partial charge on any atom is 0.420 e. The van der Waals surface area contributed by atoms with Crippen molar-refractivity contribution >= 4 is 22.7 Å². The van der Waals surface area contributed by atoms with Crippen LogP contribution >= 0.6 is 0 Å². The van der Waals surface area contributed by atoms with Gasteiger partial charge in [-0.2, -0.15) is 0 Å². The van der Waals surface area contributed by atoms with Crippen molar-refractivity contribution in [3.05, 3.63) is 99.0 Å². The normalized spacial score (nSPS) is 11.0. The summed E-state index contributed by atoms with van der Waals surface area (Å²) in [7, 11) is 0. The van der Waals surface area contributed by atoms with E-state index in [1.807, 2.05) is 57.2 Å². The Morgan fingerprint density at radius 3 is 2.28 bits per heavy atom. The lowest BCUT2D eigenvalue weighted by Gasteiger charge is -2.08. The van der Waals surface area contributed by atoms with Gasteiger partial charge in [-0.25, -0.2) is 4.79 Å².